The third-order valence-electron chi connectivity index (χ3n) is 6.82. The van der Waals surface area contributed by atoms with E-state index >= 15 is 0 Å². The normalized spacial score (nSPS) is 16.1. The minimum Gasteiger partial charge on any atom is -0.384 e. The van der Waals surface area contributed by atoms with Crippen LogP contribution in [0.1, 0.15) is 60.2 Å². The molecule has 0 saturated carbocycles. The molecule has 0 aliphatic heterocycles. The average Bonchev–Trinajstić information content (AvgIpc) is 3.58. The molecule has 0 spiro atoms. The molecule has 1 heterocycles. The average molecular weight is 505 g/mol. The minimum atomic E-state index is -3.72. The number of urea groups is 1. The number of aromatic nitrogens is 2. The molecular formula is C26H28N6O3S. The predicted molar refractivity (Wildman–Crippen MR) is 136 cm³/mol. The summed E-state index contributed by atoms with van der Waals surface area (Å²) in [5.41, 5.74) is 5.06. The van der Waals surface area contributed by atoms with Crippen LogP contribution in [0.2, 0.25) is 0 Å². The lowest BCUT2D eigenvalue weighted by molar-refractivity contribution is 0.0711. The van der Waals surface area contributed by atoms with Crippen LogP contribution in [0.25, 0.3) is 5.69 Å². The Morgan fingerprint density at radius 3 is 2.28 bits per heavy atom. The Hall–Kier alpha value is -3.52. The molecule has 0 radical (unpaired) electrons. The van der Waals surface area contributed by atoms with Crippen molar-refractivity contribution in [2.24, 2.45) is 9.50 Å². The maximum absolute atomic E-state index is 13.4. The van der Waals surface area contributed by atoms with Crippen LogP contribution in [0.3, 0.4) is 0 Å². The predicted octanol–water partition coefficient (Wildman–Crippen LogP) is 3.88. The molecule has 9 nitrogen and oxygen atoms in total. The molecule has 36 heavy (non-hydrogen) atoms. The van der Waals surface area contributed by atoms with Crippen LogP contribution in [0.4, 0.5) is 10.5 Å². The zero-order chi connectivity index (χ0) is 25.7. The van der Waals surface area contributed by atoms with Gasteiger partial charge in [-0.25, -0.2) is 18.8 Å². The van der Waals surface area contributed by atoms with E-state index in [1.807, 2.05) is 18.2 Å². The standard InChI is InChI=1S/C26H28N6O3S/c1-26(2,34)22-14-23(30-32(22)16-8-4-3-5-9-16)36(28,35)31-25(33)29-24-19-12-6-10-17(19)21(15-27)18-11-7-13-20(18)24/h3-5,8-9,14,34H,6-7,10-13H2,1-2H3,(H3,28,29,31,33,35)/t36-/m0/s1. The van der Waals surface area contributed by atoms with Crippen molar-refractivity contribution in [3.63, 3.8) is 0 Å². The van der Waals surface area contributed by atoms with Gasteiger partial charge in [-0.3, -0.25) is 0 Å². The number of hydrogen-bond acceptors (Lipinski definition) is 5. The van der Waals surface area contributed by atoms with Gasteiger partial charge in [0.25, 0.3) is 0 Å². The van der Waals surface area contributed by atoms with E-state index in [9.17, 15) is 19.4 Å². The first-order valence-corrected chi connectivity index (χ1v) is 13.5. The van der Waals surface area contributed by atoms with Gasteiger partial charge in [-0.15, -0.1) is 4.36 Å². The zero-order valence-electron chi connectivity index (χ0n) is 20.2. The third kappa shape index (κ3) is 4.19. The van der Waals surface area contributed by atoms with Crippen molar-refractivity contribution >= 4 is 21.6 Å². The van der Waals surface area contributed by atoms with Crippen LogP contribution < -0.4 is 10.5 Å². The number of benzene rings is 2. The molecule has 10 heteroatoms. The van der Waals surface area contributed by atoms with Gasteiger partial charge in [0, 0.05) is 11.8 Å². The van der Waals surface area contributed by atoms with E-state index in [0.717, 1.165) is 66.3 Å². The van der Waals surface area contributed by atoms with E-state index < -0.39 is 21.5 Å². The molecule has 0 fully saturated rings. The number of carbonyl (C=O) groups excluding carboxylic acids is 1. The number of anilines is 1. The molecule has 5 rings (SSSR count). The first kappa shape index (κ1) is 24.2. The minimum absolute atomic E-state index is 0.103. The summed E-state index contributed by atoms with van der Waals surface area (Å²) >= 11 is 0. The van der Waals surface area contributed by atoms with E-state index in [0.29, 0.717) is 17.1 Å². The molecule has 1 aromatic heterocycles. The number of nitrogens with zero attached hydrogens (tertiary/aromatic N) is 4. The van der Waals surface area contributed by atoms with Crippen LogP contribution in [0.5, 0.6) is 0 Å². The highest BCUT2D eigenvalue weighted by atomic mass is 32.2. The Morgan fingerprint density at radius 1 is 1.14 bits per heavy atom. The van der Waals surface area contributed by atoms with Crippen molar-refractivity contribution in [1.82, 2.24) is 9.78 Å². The fourth-order valence-corrected chi connectivity index (χ4v) is 6.11. The lowest BCUT2D eigenvalue weighted by atomic mass is 9.93. The molecule has 4 N–H and O–H groups in total. The van der Waals surface area contributed by atoms with Gasteiger partial charge in [0.2, 0.25) is 0 Å². The third-order valence-corrected chi connectivity index (χ3v) is 8.06. The Labute approximate surface area is 210 Å². The lowest BCUT2D eigenvalue weighted by Gasteiger charge is -2.18. The van der Waals surface area contributed by atoms with Crippen LogP contribution in [0.15, 0.2) is 45.8 Å². The fourth-order valence-electron chi connectivity index (χ4n) is 5.24. The number of rotatable bonds is 4. The van der Waals surface area contributed by atoms with Crippen LogP contribution in [0, 0.1) is 11.3 Å². The monoisotopic (exact) mass is 504 g/mol. The molecular weight excluding hydrogens is 476 g/mol. The highest BCUT2D eigenvalue weighted by Gasteiger charge is 2.30. The molecule has 3 aromatic rings. The van der Waals surface area contributed by atoms with Gasteiger partial charge >= 0.3 is 6.03 Å². The van der Waals surface area contributed by atoms with Gasteiger partial charge < -0.3 is 10.4 Å². The SMILES string of the molecule is CC(C)(O)c1cc([S@@](N)(=O)=NC(=O)Nc2c3c(c(C#N)c4c2CCC4)CCC3)nn1-c1ccccc1. The summed E-state index contributed by atoms with van der Waals surface area (Å²) in [7, 11) is -3.72. The van der Waals surface area contributed by atoms with Gasteiger partial charge in [-0.05, 0) is 86.8 Å². The van der Waals surface area contributed by atoms with E-state index in [4.69, 9.17) is 5.14 Å². The van der Waals surface area contributed by atoms with Crippen molar-refractivity contribution in [3.8, 4) is 11.8 Å². The zero-order valence-corrected chi connectivity index (χ0v) is 21.1. The molecule has 2 aliphatic rings. The highest BCUT2D eigenvalue weighted by molar-refractivity contribution is 7.91. The van der Waals surface area contributed by atoms with E-state index in [-0.39, 0.29) is 5.03 Å². The molecule has 0 saturated heterocycles. The van der Waals surface area contributed by atoms with Gasteiger partial charge in [0.15, 0.2) is 14.9 Å². The second-order valence-corrected chi connectivity index (χ2v) is 11.5. The van der Waals surface area contributed by atoms with Gasteiger partial charge in [-0.1, -0.05) is 18.2 Å². The second-order valence-electron chi connectivity index (χ2n) is 9.75. The maximum Gasteiger partial charge on any atom is 0.354 e. The number of hydrogen-bond donors (Lipinski definition) is 3. The van der Waals surface area contributed by atoms with Crippen molar-refractivity contribution < 1.29 is 14.1 Å². The molecule has 2 aromatic carbocycles. The van der Waals surface area contributed by atoms with Crippen molar-refractivity contribution in [2.75, 3.05) is 5.32 Å². The van der Waals surface area contributed by atoms with Crippen molar-refractivity contribution in [3.05, 3.63) is 69.9 Å². The first-order chi connectivity index (χ1) is 17.1. The molecule has 1 atom stereocenters. The second kappa shape index (κ2) is 8.85. The molecule has 2 amide bonds. The largest absolute Gasteiger partial charge is 0.384 e. The van der Waals surface area contributed by atoms with Gasteiger partial charge in [0.1, 0.15) is 5.60 Å². The lowest BCUT2D eigenvalue weighted by Crippen LogP contribution is -2.20. The van der Waals surface area contributed by atoms with Gasteiger partial charge in [0.05, 0.1) is 23.0 Å². The molecule has 186 valence electrons. The number of aliphatic hydroxyl groups is 1. The molecule has 0 unspecified atom stereocenters. The van der Waals surface area contributed by atoms with Crippen molar-refractivity contribution in [1.29, 1.82) is 5.26 Å². The number of amides is 2. The topological polar surface area (TPSA) is 146 Å². The fraction of sp³-hybridized carbons (Fsp3) is 0.346. The summed E-state index contributed by atoms with van der Waals surface area (Å²) in [5, 5.41) is 33.6. The smallest absolute Gasteiger partial charge is 0.354 e. The quantitative estimate of drug-likeness (QED) is 0.493. The Morgan fingerprint density at radius 2 is 1.72 bits per heavy atom. The Balaban J connectivity index is 1.54. The molecule has 2 aliphatic carbocycles. The highest BCUT2D eigenvalue weighted by Crippen LogP contribution is 2.41. The maximum atomic E-state index is 13.4. The molecule has 0 bridgehead atoms. The number of fused-ring (bicyclic) bond motifs is 2. The summed E-state index contributed by atoms with van der Waals surface area (Å²) in [6.07, 6.45) is 4.96. The van der Waals surface area contributed by atoms with Gasteiger partial charge in [-0.2, -0.15) is 10.4 Å². The summed E-state index contributed by atoms with van der Waals surface area (Å²) in [6, 6.07) is 12.0. The number of para-hydroxylation sites is 1. The Kier molecular flexibility index (Phi) is 5.95. The number of nitrogens with two attached hydrogens (primary N) is 1. The Bertz CT molecular complexity index is 1500. The van der Waals surface area contributed by atoms with Crippen molar-refractivity contribution in [2.45, 2.75) is 63.0 Å². The number of nitriles is 1. The summed E-state index contributed by atoms with van der Waals surface area (Å²) in [5.74, 6) is 0. The van der Waals surface area contributed by atoms with Crippen LogP contribution >= 0.6 is 0 Å². The number of carbonyl (C=O) groups is 1. The van der Waals surface area contributed by atoms with Crippen LogP contribution in [-0.2, 0) is 41.2 Å². The summed E-state index contributed by atoms with van der Waals surface area (Å²) < 4.78 is 18.7. The van der Waals surface area contributed by atoms with E-state index in [1.165, 1.54) is 10.7 Å². The first-order valence-electron chi connectivity index (χ1n) is 11.9. The van der Waals surface area contributed by atoms with Crippen LogP contribution in [-0.4, -0.2) is 25.1 Å². The number of nitrogens with one attached hydrogen (secondary N) is 1. The summed E-state index contributed by atoms with van der Waals surface area (Å²) in [4.78, 5) is 13.0. The summed E-state index contributed by atoms with van der Waals surface area (Å²) in [6.45, 7) is 3.17. The van der Waals surface area contributed by atoms with E-state index in [1.54, 1.807) is 26.0 Å². The van der Waals surface area contributed by atoms with E-state index in [2.05, 4.69) is 20.8 Å².